The van der Waals surface area contributed by atoms with Gasteiger partial charge in [0.2, 0.25) is 11.8 Å². The first-order valence-electron chi connectivity index (χ1n) is 17.1. The number of nitrogens with one attached hydrogen (secondary N) is 1. The lowest BCUT2D eigenvalue weighted by Gasteiger charge is -2.41. The van der Waals surface area contributed by atoms with Crippen molar-refractivity contribution >= 4 is 40.8 Å². The molecule has 4 amide bonds. The van der Waals surface area contributed by atoms with Crippen LogP contribution in [0, 0.1) is 5.92 Å². The predicted octanol–water partition coefficient (Wildman–Crippen LogP) is 6.01. The first kappa shape index (κ1) is 34.4. The topological polar surface area (TPSA) is 102 Å². The van der Waals surface area contributed by atoms with Gasteiger partial charge in [0, 0.05) is 56.9 Å². The number of piperidine rings is 3. The molecule has 260 valence electrons. The number of carbonyl (C=O) groups excluding carboxylic acids is 3. The van der Waals surface area contributed by atoms with Crippen LogP contribution < -0.4 is 11.1 Å². The molecule has 9 nitrogen and oxygen atoms in total. The molecule has 3 fully saturated rings. The number of urea groups is 1. The van der Waals surface area contributed by atoms with E-state index in [1.807, 2.05) is 29.2 Å². The Morgan fingerprint density at radius 1 is 0.917 bits per heavy atom. The number of likely N-dealkylation sites (tertiary alicyclic amines) is 3. The summed E-state index contributed by atoms with van der Waals surface area (Å²) in [6, 6.07) is 10.2. The molecule has 4 aliphatic rings. The molecule has 48 heavy (non-hydrogen) atoms. The zero-order valence-corrected chi connectivity index (χ0v) is 27.9. The second kappa shape index (κ2) is 14.5. The maximum atomic E-state index is 14.0. The Morgan fingerprint density at radius 2 is 1.56 bits per heavy atom. The summed E-state index contributed by atoms with van der Waals surface area (Å²) in [4.78, 5) is 48.5. The quantitative estimate of drug-likeness (QED) is 0.348. The summed E-state index contributed by atoms with van der Waals surface area (Å²) in [6.07, 6.45) is 1.55. The number of carbonyl (C=O) groups is 3. The van der Waals surface area contributed by atoms with Gasteiger partial charge in [-0.1, -0.05) is 36.2 Å². The highest BCUT2D eigenvalue weighted by atomic mass is 35.5. The summed E-state index contributed by atoms with van der Waals surface area (Å²) in [5.74, 6) is -1.30. The lowest BCUT2D eigenvalue weighted by molar-refractivity contribution is -0.143. The van der Waals surface area contributed by atoms with Gasteiger partial charge in [0.05, 0.1) is 22.2 Å². The van der Waals surface area contributed by atoms with Crippen molar-refractivity contribution in [2.24, 2.45) is 5.92 Å². The molecular formula is C35H44ClF3N6O3. The molecule has 3 N–H and O–H groups in total. The third kappa shape index (κ3) is 7.70. The molecule has 13 heteroatoms. The molecule has 0 aromatic heterocycles. The molecular weight excluding hydrogens is 645 g/mol. The largest absolute Gasteiger partial charge is 0.418 e. The first-order chi connectivity index (χ1) is 23.0. The summed E-state index contributed by atoms with van der Waals surface area (Å²) in [6.45, 7) is 4.58. The van der Waals surface area contributed by atoms with Gasteiger partial charge in [0.25, 0.3) is 0 Å². The van der Waals surface area contributed by atoms with Crippen molar-refractivity contribution in [3.05, 3.63) is 58.1 Å². The third-order valence-electron chi connectivity index (χ3n) is 10.5. The van der Waals surface area contributed by atoms with E-state index in [2.05, 4.69) is 10.2 Å². The summed E-state index contributed by atoms with van der Waals surface area (Å²) < 4.78 is 41.4. The number of amides is 4. The van der Waals surface area contributed by atoms with Gasteiger partial charge in [-0.05, 0) is 87.4 Å². The maximum absolute atomic E-state index is 14.0. The van der Waals surface area contributed by atoms with Crippen LogP contribution in [0.5, 0.6) is 0 Å². The van der Waals surface area contributed by atoms with Crippen LogP contribution in [0.15, 0.2) is 36.4 Å². The number of hydrogen-bond donors (Lipinski definition) is 2. The second-order valence-electron chi connectivity index (χ2n) is 13.6. The van der Waals surface area contributed by atoms with E-state index >= 15 is 0 Å². The van der Waals surface area contributed by atoms with E-state index in [-0.39, 0.29) is 47.3 Å². The molecule has 2 aromatic carbocycles. The number of alkyl halides is 3. The van der Waals surface area contributed by atoms with Crippen molar-refractivity contribution < 1.29 is 27.6 Å². The Kier molecular flexibility index (Phi) is 10.4. The van der Waals surface area contributed by atoms with Gasteiger partial charge in [0.15, 0.2) is 0 Å². The van der Waals surface area contributed by atoms with Crippen molar-refractivity contribution in [3.8, 4) is 0 Å². The lowest BCUT2D eigenvalue weighted by atomic mass is 9.91. The van der Waals surface area contributed by atoms with E-state index in [4.69, 9.17) is 17.3 Å². The minimum absolute atomic E-state index is 0.0428. The normalized spacial score (nSPS) is 20.8. The number of fused-ring (bicyclic) bond motifs is 1. The summed E-state index contributed by atoms with van der Waals surface area (Å²) in [5, 5.41) is 2.72. The van der Waals surface area contributed by atoms with E-state index in [0.717, 1.165) is 43.2 Å². The molecule has 3 saturated heterocycles. The van der Waals surface area contributed by atoms with Crippen LogP contribution >= 0.6 is 11.6 Å². The first-order valence-corrected chi connectivity index (χ1v) is 17.5. The molecule has 1 atom stereocenters. The van der Waals surface area contributed by atoms with Crippen LogP contribution in [0.1, 0.15) is 68.1 Å². The number of benzene rings is 2. The predicted molar refractivity (Wildman–Crippen MR) is 178 cm³/mol. The van der Waals surface area contributed by atoms with Gasteiger partial charge in [-0.3, -0.25) is 9.59 Å². The van der Waals surface area contributed by atoms with Crippen LogP contribution in [-0.4, -0.2) is 88.8 Å². The van der Waals surface area contributed by atoms with Crippen molar-refractivity contribution in [1.29, 1.82) is 0 Å². The minimum Gasteiger partial charge on any atom is -0.397 e. The second-order valence-corrected chi connectivity index (χ2v) is 14.0. The Balaban J connectivity index is 1.13. The van der Waals surface area contributed by atoms with E-state index in [1.165, 1.54) is 25.3 Å². The average Bonchev–Trinajstić information content (AvgIpc) is 3.09. The fraction of sp³-hybridized carbons (Fsp3) is 0.571. The van der Waals surface area contributed by atoms with Gasteiger partial charge in [0.1, 0.15) is 0 Å². The SMILES string of the molecule is Nc1c(Cl)cc(CC(CC(=O)N2CCC(N3Cc4ccccc4NC3=O)CC2)C(=O)N2CCC(N3CCCCC3)CC2)cc1C(F)(F)F. The molecule has 0 saturated carbocycles. The van der Waals surface area contributed by atoms with Crippen LogP contribution in [0.25, 0.3) is 0 Å². The molecule has 2 aromatic rings. The molecule has 0 spiro atoms. The Bertz CT molecular complexity index is 1500. The number of nitrogens with two attached hydrogens (primary N) is 1. The Morgan fingerprint density at radius 3 is 2.25 bits per heavy atom. The number of halogens is 4. The highest BCUT2D eigenvalue weighted by Crippen LogP contribution is 2.39. The zero-order valence-electron chi connectivity index (χ0n) is 27.1. The summed E-state index contributed by atoms with van der Waals surface area (Å²) in [5.41, 5.74) is 6.13. The number of para-hydroxylation sites is 1. The van der Waals surface area contributed by atoms with E-state index in [1.54, 1.807) is 9.80 Å². The molecule has 0 aliphatic carbocycles. The Hall–Kier alpha value is -3.51. The van der Waals surface area contributed by atoms with Gasteiger partial charge < -0.3 is 30.7 Å². The molecule has 4 heterocycles. The zero-order chi connectivity index (χ0) is 34.0. The molecule has 4 aliphatic heterocycles. The highest BCUT2D eigenvalue weighted by molar-refractivity contribution is 6.33. The standard InChI is InChI=1S/C35H44ClF3N6O3/c36-29-20-23(19-28(32(29)40)35(37,38)39)18-25(33(47)44-16-8-26(9-17-44)42-12-4-1-5-13-42)21-31(46)43-14-10-27(11-15-43)45-22-24-6-2-3-7-30(24)41-34(45)48/h2-3,6-7,19-20,25-27H,1,4-5,8-18,21-22,40H2,(H,41,48). The number of nitrogens with zero attached hydrogens (tertiary/aromatic N) is 4. The van der Waals surface area contributed by atoms with Crippen LogP contribution in [0.3, 0.4) is 0 Å². The van der Waals surface area contributed by atoms with Gasteiger partial charge in [-0.25, -0.2) is 4.79 Å². The average molecular weight is 689 g/mol. The number of anilines is 2. The monoisotopic (exact) mass is 688 g/mol. The van der Waals surface area contributed by atoms with E-state index in [0.29, 0.717) is 51.6 Å². The van der Waals surface area contributed by atoms with Gasteiger partial charge >= 0.3 is 12.2 Å². The number of rotatable bonds is 7. The van der Waals surface area contributed by atoms with Crippen molar-refractivity contribution in [2.75, 3.05) is 50.3 Å². The number of nitrogen functional groups attached to an aromatic ring is 1. The molecule has 1 unspecified atom stereocenters. The van der Waals surface area contributed by atoms with Crippen LogP contribution in [0.2, 0.25) is 5.02 Å². The van der Waals surface area contributed by atoms with Crippen molar-refractivity contribution in [1.82, 2.24) is 19.6 Å². The van der Waals surface area contributed by atoms with E-state index < -0.39 is 23.3 Å². The third-order valence-corrected chi connectivity index (χ3v) is 10.9. The molecule has 0 bridgehead atoms. The Labute approximate surface area is 284 Å². The van der Waals surface area contributed by atoms with E-state index in [9.17, 15) is 27.6 Å². The fourth-order valence-electron chi connectivity index (χ4n) is 7.83. The summed E-state index contributed by atoms with van der Waals surface area (Å²) in [7, 11) is 0. The smallest absolute Gasteiger partial charge is 0.397 e. The fourth-order valence-corrected chi connectivity index (χ4v) is 8.08. The van der Waals surface area contributed by atoms with Crippen molar-refractivity contribution in [2.45, 2.75) is 82.6 Å². The highest BCUT2D eigenvalue weighted by Gasteiger charge is 2.38. The van der Waals surface area contributed by atoms with Crippen molar-refractivity contribution in [3.63, 3.8) is 0 Å². The summed E-state index contributed by atoms with van der Waals surface area (Å²) >= 11 is 6.14. The minimum atomic E-state index is -4.72. The van der Waals surface area contributed by atoms with Crippen LogP contribution in [-0.2, 0) is 28.7 Å². The number of hydrogen-bond acceptors (Lipinski definition) is 5. The maximum Gasteiger partial charge on any atom is 0.418 e. The molecule has 0 radical (unpaired) electrons. The van der Waals surface area contributed by atoms with Gasteiger partial charge in [-0.15, -0.1) is 0 Å². The van der Waals surface area contributed by atoms with Crippen LogP contribution in [0.4, 0.5) is 29.3 Å². The lowest BCUT2D eigenvalue weighted by Crippen LogP contribution is -2.52. The van der Waals surface area contributed by atoms with Gasteiger partial charge in [-0.2, -0.15) is 13.2 Å². The molecule has 6 rings (SSSR count).